The second kappa shape index (κ2) is 5.65. The lowest BCUT2D eigenvalue weighted by Gasteiger charge is -2.13. The van der Waals surface area contributed by atoms with Gasteiger partial charge in [0.05, 0.1) is 6.54 Å². The number of carbonyl (C=O) groups excluding carboxylic acids is 1. The van der Waals surface area contributed by atoms with E-state index in [0.29, 0.717) is 12.5 Å². The molecule has 0 saturated heterocycles. The van der Waals surface area contributed by atoms with Crippen molar-refractivity contribution >= 4 is 5.91 Å². The van der Waals surface area contributed by atoms with Crippen LogP contribution in [0.25, 0.3) is 0 Å². The first-order valence-electron chi connectivity index (χ1n) is 4.27. The summed E-state index contributed by atoms with van der Waals surface area (Å²) < 4.78 is 0. The quantitative estimate of drug-likeness (QED) is 0.633. The van der Waals surface area contributed by atoms with Crippen molar-refractivity contribution in [2.24, 2.45) is 11.8 Å². The number of nitrogens with one attached hydrogen (secondary N) is 1. The Balaban J connectivity index is 3.77. The molecule has 0 aliphatic rings. The molecule has 0 aliphatic carbocycles. The molecule has 0 bridgehead atoms. The molecule has 2 nitrogen and oxygen atoms in total. The summed E-state index contributed by atoms with van der Waals surface area (Å²) in [5.74, 6) is 6.07. The summed E-state index contributed by atoms with van der Waals surface area (Å²) in [4.78, 5) is 11.3. The standard InChI is InChI=1S/C10H17NO/c1-5-6-7-11-10(12)9(4)8(2)3/h8-9H,7H2,1-4H3,(H,11,12). The van der Waals surface area contributed by atoms with Crippen LogP contribution in [0.4, 0.5) is 0 Å². The fourth-order valence-electron chi connectivity index (χ4n) is 0.683. The van der Waals surface area contributed by atoms with E-state index in [-0.39, 0.29) is 11.8 Å². The summed E-state index contributed by atoms with van der Waals surface area (Å²) in [6.07, 6.45) is 0. The first-order valence-corrected chi connectivity index (χ1v) is 4.27. The summed E-state index contributed by atoms with van der Waals surface area (Å²) in [6.45, 7) is 8.23. The largest absolute Gasteiger partial charge is 0.345 e. The molecule has 12 heavy (non-hydrogen) atoms. The van der Waals surface area contributed by atoms with E-state index in [2.05, 4.69) is 17.2 Å². The Morgan fingerprint density at radius 1 is 1.42 bits per heavy atom. The van der Waals surface area contributed by atoms with Gasteiger partial charge in [0.15, 0.2) is 0 Å². The van der Waals surface area contributed by atoms with Crippen molar-refractivity contribution in [2.75, 3.05) is 6.54 Å². The molecule has 1 unspecified atom stereocenters. The van der Waals surface area contributed by atoms with E-state index in [4.69, 9.17) is 0 Å². The van der Waals surface area contributed by atoms with Gasteiger partial charge in [-0.15, -0.1) is 5.92 Å². The van der Waals surface area contributed by atoms with E-state index in [1.807, 2.05) is 20.8 Å². The smallest absolute Gasteiger partial charge is 0.223 e. The average molecular weight is 167 g/mol. The van der Waals surface area contributed by atoms with E-state index >= 15 is 0 Å². The maximum absolute atomic E-state index is 11.3. The van der Waals surface area contributed by atoms with Gasteiger partial charge in [0.1, 0.15) is 0 Å². The van der Waals surface area contributed by atoms with Crippen molar-refractivity contribution in [1.82, 2.24) is 5.32 Å². The van der Waals surface area contributed by atoms with Gasteiger partial charge in [0.25, 0.3) is 0 Å². The summed E-state index contributed by atoms with van der Waals surface area (Å²) in [5.41, 5.74) is 0. The molecule has 0 fully saturated rings. The van der Waals surface area contributed by atoms with Crippen LogP contribution < -0.4 is 5.32 Å². The van der Waals surface area contributed by atoms with Crippen molar-refractivity contribution in [3.05, 3.63) is 0 Å². The van der Waals surface area contributed by atoms with Crippen LogP contribution in [0.3, 0.4) is 0 Å². The van der Waals surface area contributed by atoms with E-state index in [0.717, 1.165) is 0 Å². The predicted molar refractivity (Wildman–Crippen MR) is 50.5 cm³/mol. The summed E-state index contributed by atoms with van der Waals surface area (Å²) in [5, 5.41) is 2.75. The summed E-state index contributed by atoms with van der Waals surface area (Å²) >= 11 is 0. The minimum atomic E-state index is 0.0728. The number of amides is 1. The minimum absolute atomic E-state index is 0.0728. The first kappa shape index (κ1) is 11.0. The van der Waals surface area contributed by atoms with Gasteiger partial charge in [0, 0.05) is 5.92 Å². The Hall–Kier alpha value is -0.970. The van der Waals surface area contributed by atoms with Crippen LogP contribution in [0.1, 0.15) is 27.7 Å². The van der Waals surface area contributed by atoms with Gasteiger partial charge in [-0.1, -0.05) is 26.7 Å². The Bertz CT molecular complexity index is 198. The van der Waals surface area contributed by atoms with E-state index in [1.165, 1.54) is 0 Å². The zero-order chi connectivity index (χ0) is 9.56. The van der Waals surface area contributed by atoms with Crippen LogP contribution in [0.2, 0.25) is 0 Å². The topological polar surface area (TPSA) is 29.1 Å². The van der Waals surface area contributed by atoms with Crippen molar-refractivity contribution < 1.29 is 4.79 Å². The molecule has 0 aromatic rings. The third-order valence-electron chi connectivity index (χ3n) is 1.94. The molecule has 1 atom stereocenters. The zero-order valence-corrected chi connectivity index (χ0v) is 8.27. The molecular formula is C10H17NO. The van der Waals surface area contributed by atoms with Crippen LogP contribution >= 0.6 is 0 Å². The Kier molecular flexibility index (Phi) is 5.19. The number of hydrogen-bond acceptors (Lipinski definition) is 1. The monoisotopic (exact) mass is 167 g/mol. The van der Waals surface area contributed by atoms with Crippen molar-refractivity contribution in [3.63, 3.8) is 0 Å². The van der Waals surface area contributed by atoms with Gasteiger partial charge in [-0.05, 0) is 12.8 Å². The van der Waals surface area contributed by atoms with Crippen molar-refractivity contribution in [1.29, 1.82) is 0 Å². The van der Waals surface area contributed by atoms with Gasteiger partial charge >= 0.3 is 0 Å². The van der Waals surface area contributed by atoms with Crippen LogP contribution in [0.5, 0.6) is 0 Å². The molecule has 1 amide bonds. The van der Waals surface area contributed by atoms with Crippen molar-refractivity contribution in [2.45, 2.75) is 27.7 Å². The van der Waals surface area contributed by atoms with Crippen LogP contribution in [-0.4, -0.2) is 12.5 Å². The van der Waals surface area contributed by atoms with E-state index < -0.39 is 0 Å². The molecule has 0 aromatic heterocycles. The fraction of sp³-hybridized carbons (Fsp3) is 0.700. The Morgan fingerprint density at radius 2 is 2.00 bits per heavy atom. The molecule has 68 valence electrons. The molecule has 0 aliphatic heterocycles. The Morgan fingerprint density at radius 3 is 2.42 bits per heavy atom. The molecule has 1 N–H and O–H groups in total. The highest BCUT2D eigenvalue weighted by Gasteiger charge is 2.14. The van der Waals surface area contributed by atoms with Crippen LogP contribution in [0, 0.1) is 23.7 Å². The molecule has 0 saturated carbocycles. The SMILES string of the molecule is CC#CCNC(=O)C(C)C(C)C. The molecule has 0 rings (SSSR count). The first-order chi connectivity index (χ1) is 5.59. The molecule has 2 heteroatoms. The normalized spacial score (nSPS) is 11.8. The van der Waals surface area contributed by atoms with Gasteiger partial charge in [0.2, 0.25) is 5.91 Å². The van der Waals surface area contributed by atoms with Gasteiger partial charge < -0.3 is 5.32 Å². The zero-order valence-electron chi connectivity index (χ0n) is 8.27. The van der Waals surface area contributed by atoms with Crippen LogP contribution in [-0.2, 0) is 4.79 Å². The molecule has 0 spiro atoms. The fourth-order valence-corrected chi connectivity index (χ4v) is 0.683. The maximum Gasteiger partial charge on any atom is 0.223 e. The predicted octanol–water partition coefficient (Wildman–Crippen LogP) is 1.42. The highest BCUT2D eigenvalue weighted by Crippen LogP contribution is 2.08. The van der Waals surface area contributed by atoms with Gasteiger partial charge in [-0.25, -0.2) is 0 Å². The molecule has 0 heterocycles. The maximum atomic E-state index is 11.3. The van der Waals surface area contributed by atoms with E-state index in [1.54, 1.807) is 6.92 Å². The Labute approximate surface area is 74.7 Å². The lowest BCUT2D eigenvalue weighted by Crippen LogP contribution is -2.31. The van der Waals surface area contributed by atoms with E-state index in [9.17, 15) is 4.79 Å². The molecule has 0 aromatic carbocycles. The lowest BCUT2D eigenvalue weighted by molar-refractivity contribution is -0.125. The summed E-state index contributed by atoms with van der Waals surface area (Å²) in [6, 6.07) is 0. The number of rotatable bonds is 3. The highest BCUT2D eigenvalue weighted by molar-refractivity contribution is 5.78. The number of carbonyl (C=O) groups is 1. The van der Waals surface area contributed by atoms with Crippen molar-refractivity contribution in [3.8, 4) is 11.8 Å². The van der Waals surface area contributed by atoms with Gasteiger partial charge in [-0.3, -0.25) is 4.79 Å². The molecular weight excluding hydrogens is 150 g/mol. The highest BCUT2D eigenvalue weighted by atomic mass is 16.1. The summed E-state index contributed by atoms with van der Waals surface area (Å²) in [7, 11) is 0. The molecule has 0 radical (unpaired) electrons. The van der Waals surface area contributed by atoms with Crippen LogP contribution in [0.15, 0.2) is 0 Å². The second-order valence-electron chi connectivity index (χ2n) is 3.18. The van der Waals surface area contributed by atoms with Gasteiger partial charge in [-0.2, -0.15) is 0 Å². The minimum Gasteiger partial charge on any atom is -0.345 e. The lowest BCUT2D eigenvalue weighted by atomic mass is 9.97. The average Bonchev–Trinajstić information content (AvgIpc) is 2.03. The second-order valence-corrected chi connectivity index (χ2v) is 3.18. The number of hydrogen-bond donors (Lipinski definition) is 1. The third kappa shape index (κ3) is 4.02. The third-order valence-corrected chi connectivity index (χ3v) is 1.94.